The molecule has 4 heteroatoms. The highest BCUT2D eigenvalue weighted by atomic mass is 16.5. The van der Waals surface area contributed by atoms with E-state index in [-0.39, 0.29) is 6.10 Å². The van der Waals surface area contributed by atoms with Gasteiger partial charge >= 0.3 is 0 Å². The van der Waals surface area contributed by atoms with Gasteiger partial charge in [0.05, 0.1) is 25.9 Å². The minimum Gasteiger partial charge on any atom is -0.493 e. The minimum atomic E-state index is 0.0544. The molecule has 1 aromatic rings. The second-order valence-corrected chi connectivity index (χ2v) is 3.88. The Labute approximate surface area is 95.7 Å². The van der Waals surface area contributed by atoms with E-state index in [1.54, 1.807) is 14.2 Å². The molecule has 0 bridgehead atoms. The molecule has 0 aromatic heterocycles. The number of hydrogen-bond acceptors (Lipinski definition) is 4. The molecule has 0 unspecified atom stereocenters. The number of methoxy groups -OCH3 is 2. The van der Waals surface area contributed by atoms with Gasteiger partial charge in [0.25, 0.3) is 0 Å². The number of fused-ring (bicyclic) bond motifs is 1. The van der Waals surface area contributed by atoms with E-state index in [2.05, 4.69) is 4.90 Å². The molecule has 16 heavy (non-hydrogen) atoms. The number of likely N-dealkylation sites (N-methyl/N-ethyl adjacent to an activating group) is 1. The molecule has 1 aliphatic heterocycles. The molecule has 1 aliphatic rings. The lowest BCUT2D eigenvalue weighted by molar-refractivity contribution is 0.0779. The van der Waals surface area contributed by atoms with Crippen molar-refractivity contribution in [3.05, 3.63) is 18.2 Å². The predicted octanol–water partition coefficient (Wildman–Crippen LogP) is 1.54. The quantitative estimate of drug-likeness (QED) is 0.777. The molecule has 1 heterocycles. The first-order chi connectivity index (χ1) is 7.76. The highest BCUT2D eigenvalue weighted by Crippen LogP contribution is 2.40. The van der Waals surface area contributed by atoms with Gasteiger partial charge in [0.2, 0.25) is 0 Å². The van der Waals surface area contributed by atoms with E-state index in [0.29, 0.717) is 6.61 Å². The van der Waals surface area contributed by atoms with Gasteiger partial charge < -0.3 is 19.1 Å². The summed E-state index contributed by atoms with van der Waals surface area (Å²) in [6.07, 6.45) is 0.0544. The number of anilines is 1. The van der Waals surface area contributed by atoms with E-state index in [1.807, 2.05) is 25.2 Å². The van der Waals surface area contributed by atoms with Crippen molar-refractivity contribution in [1.82, 2.24) is 0 Å². The van der Waals surface area contributed by atoms with Crippen molar-refractivity contribution in [1.29, 1.82) is 0 Å². The maximum absolute atomic E-state index is 5.87. The van der Waals surface area contributed by atoms with Gasteiger partial charge in [-0.2, -0.15) is 0 Å². The fraction of sp³-hybridized carbons (Fsp3) is 0.500. The molecule has 0 saturated carbocycles. The minimum absolute atomic E-state index is 0.0544. The van der Waals surface area contributed by atoms with Crippen molar-refractivity contribution in [3.63, 3.8) is 0 Å². The Hall–Kier alpha value is -1.42. The third-order valence-electron chi connectivity index (χ3n) is 2.70. The van der Waals surface area contributed by atoms with Gasteiger partial charge in [-0.1, -0.05) is 6.07 Å². The first kappa shape index (κ1) is 11.1. The molecule has 88 valence electrons. The summed E-state index contributed by atoms with van der Waals surface area (Å²) in [6, 6.07) is 5.90. The summed E-state index contributed by atoms with van der Waals surface area (Å²) in [5.41, 5.74) is 1.06. The zero-order valence-electron chi connectivity index (χ0n) is 9.90. The standard InChI is InChI=1S/C12H17NO3/c1-13-7-9(8-14-2)16-12-10(13)5-4-6-11(12)15-3/h4-6,9H,7-8H2,1-3H3/t9-/m1/s1. The number of hydrogen-bond donors (Lipinski definition) is 0. The second kappa shape index (κ2) is 4.61. The van der Waals surface area contributed by atoms with Crippen LogP contribution in [0.4, 0.5) is 5.69 Å². The van der Waals surface area contributed by atoms with Gasteiger partial charge in [0, 0.05) is 14.2 Å². The predicted molar refractivity (Wildman–Crippen MR) is 62.6 cm³/mol. The molecular weight excluding hydrogens is 206 g/mol. The number of para-hydroxylation sites is 1. The van der Waals surface area contributed by atoms with Gasteiger partial charge in [-0.05, 0) is 12.1 Å². The summed E-state index contributed by atoms with van der Waals surface area (Å²) in [5, 5.41) is 0. The van der Waals surface area contributed by atoms with Crippen LogP contribution in [-0.4, -0.2) is 40.5 Å². The fourth-order valence-electron chi connectivity index (χ4n) is 1.96. The molecule has 0 N–H and O–H groups in total. The molecule has 0 saturated heterocycles. The van der Waals surface area contributed by atoms with Crippen molar-refractivity contribution < 1.29 is 14.2 Å². The maximum Gasteiger partial charge on any atom is 0.185 e. The van der Waals surface area contributed by atoms with Gasteiger partial charge in [0.1, 0.15) is 6.10 Å². The molecule has 0 amide bonds. The molecule has 0 spiro atoms. The summed E-state index contributed by atoms with van der Waals surface area (Å²) >= 11 is 0. The maximum atomic E-state index is 5.87. The Morgan fingerprint density at radius 1 is 1.44 bits per heavy atom. The van der Waals surface area contributed by atoms with E-state index >= 15 is 0 Å². The normalized spacial score (nSPS) is 18.9. The van der Waals surface area contributed by atoms with E-state index in [4.69, 9.17) is 14.2 Å². The monoisotopic (exact) mass is 223 g/mol. The van der Waals surface area contributed by atoms with Gasteiger partial charge in [0.15, 0.2) is 11.5 Å². The molecule has 1 atom stereocenters. The highest BCUT2D eigenvalue weighted by molar-refractivity contribution is 5.65. The topological polar surface area (TPSA) is 30.9 Å². The first-order valence-electron chi connectivity index (χ1n) is 5.30. The van der Waals surface area contributed by atoms with Crippen LogP contribution in [0.15, 0.2) is 18.2 Å². The van der Waals surface area contributed by atoms with Crippen LogP contribution >= 0.6 is 0 Å². The lowest BCUT2D eigenvalue weighted by Crippen LogP contribution is -2.40. The Morgan fingerprint density at radius 2 is 2.25 bits per heavy atom. The van der Waals surface area contributed by atoms with E-state index in [9.17, 15) is 0 Å². The zero-order valence-corrected chi connectivity index (χ0v) is 9.90. The van der Waals surface area contributed by atoms with E-state index in [0.717, 1.165) is 23.7 Å². The van der Waals surface area contributed by atoms with Crippen LogP contribution in [0.3, 0.4) is 0 Å². The number of rotatable bonds is 3. The van der Waals surface area contributed by atoms with Crippen LogP contribution in [0.25, 0.3) is 0 Å². The summed E-state index contributed by atoms with van der Waals surface area (Å²) in [4.78, 5) is 2.16. The van der Waals surface area contributed by atoms with Crippen LogP contribution < -0.4 is 14.4 Å². The van der Waals surface area contributed by atoms with Crippen LogP contribution in [0.1, 0.15) is 0 Å². The molecule has 4 nitrogen and oxygen atoms in total. The summed E-state index contributed by atoms with van der Waals surface area (Å²) in [6.45, 7) is 1.41. The van der Waals surface area contributed by atoms with E-state index in [1.165, 1.54) is 0 Å². The van der Waals surface area contributed by atoms with Gasteiger partial charge in [-0.3, -0.25) is 0 Å². The first-order valence-corrected chi connectivity index (χ1v) is 5.30. The Bertz CT molecular complexity index is 367. The Morgan fingerprint density at radius 3 is 2.94 bits per heavy atom. The van der Waals surface area contributed by atoms with Gasteiger partial charge in [-0.15, -0.1) is 0 Å². The van der Waals surface area contributed by atoms with Crippen molar-refractivity contribution >= 4 is 5.69 Å². The third kappa shape index (κ3) is 1.93. The second-order valence-electron chi connectivity index (χ2n) is 3.88. The Kier molecular flexibility index (Phi) is 3.19. The average Bonchev–Trinajstić information content (AvgIpc) is 2.29. The fourth-order valence-corrected chi connectivity index (χ4v) is 1.96. The molecule has 1 aromatic carbocycles. The molecule has 2 rings (SSSR count). The van der Waals surface area contributed by atoms with Crippen LogP contribution in [0, 0.1) is 0 Å². The van der Waals surface area contributed by atoms with Crippen molar-refractivity contribution in [2.24, 2.45) is 0 Å². The summed E-state index contributed by atoms with van der Waals surface area (Å²) in [5.74, 6) is 1.57. The lowest BCUT2D eigenvalue weighted by Gasteiger charge is -2.34. The SMILES string of the molecule is COC[C@H]1CN(C)c2cccc(OC)c2O1. The molecule has 0 aliphatic carbocycles. The molecular formula is C12H17NO3. The molecule has 0 fully saturated rings. The smallest absolute Gasteiger partial charge is 0.185 e. The Balaban J connectivity index is 2.31. The van der Waals surface area contributed by atoms with Crippen LogP contribution in [0.5, 0.6) is 11.5 Å². The number of benzene rings is 1. The highest BCUT2D eigenvalue weighted by Gasteiger charge is 2.25. The number of ether oxygens (including phenoxy) is 3. The third-order valence-corrected chi connectivity index (χ3v) is 2.70. The van der Waals surface area contributed by atoms with E-state index < -0.39 is 0 Å². The van der Waals surface area contributed by atoms with Crippen molar-refractivity contribution in [2.75, 3.05) is 39.3 Å². The summed E-state index contributed by atoms with van der Waals surface area (Å²) < 4.78 is 16.3. The number of nitrogens with zero attached hydrogens (tertiary/aromatic N) is 1. The van der Waals surface area contributed by atoms with Crippen LogP contribution in [-0.2, 0) is 4.74 Å². The summed E-state index contributed by atoms with van der Waals surface area (Å²) in [7, 11) is 5.38. The molecule has 0 radical (unpaired) electrons. The van der Waals surface area contributed by atoms with Crippen molar-refractivity contribution in [2.45, 2.75) is 6.10 Å². The lowest BCUT2D eigenvalue weighted by atomic mass is 10.2. The zero-order chi connectivity index (χ0) is 11.5. The van der Waals surface area contributed by atoms with Crippen LogP contribution in [0.2, 0.25) is 0 Å². The van der Waals surface area contributed by atoms with Gasteiger partial charge in [-0.25, -0.2) is 0 Å². The van der Waals surface area contributed by atoms with Crippen molar-refractivity contribution in [3.8, 4) is 11.5 Å². The largest absolute Gasteiger partial charge is 0.493 e. The average molecular weight is 223 g/mol.